The number of carbonyl (C=O) groups is 3. The predicted molar refractivity (Wildman–Crippen MR) is 120 cm³/mol. The van der Waals surface area contributed by atoms with Gasteiger partial charge in [-0.25, -0.2) is 9.67 Å². The predicted octanol–water partition coefficient (Wildman–Crippen LogP) is 0.916. The van der Waals surface area contributed by atoms with Crippen molar-refractivity contribution < 1.29 is 19.5 Å². The van der Waals surface area contributed by atoms with Crippen LogP contribution < -0.4 is 10.6 Å². The zero-order chi connectivity index (χ0) is 23.8. The lowest BCUT2D eigenvalue weighted by molar-refractivity contribution is -0.144. The zero-order valence-electron chi connectivity index (χ0n) is 18.9. The Hall–Kier alpha value is -2.86. The van der Waals surface area contributed by atoms with Crippen molar-refractivity contribution in [3.05, 3.63) is 23.5 Å². The topological polar surface area (TPSA) is 142 Å². The fourth-order valence-corrected chi connectivity index (χ4v) is 4.61. The van der Waals surface area contributed by atoms with E-state index >= 15 is 0 Å². The standard InChI is InChI=1S/C21H29N7O4S/c1-21(2,3)17(28-11-14(25-26-28)12-4-5-12)19(32)27-10-13(29)8-15(27)18(31)23-9-16(30)24-20-22-6-7-33-20/h6-7,11-13,15,17,29H,4-5,8-10H2,1-3H3,(H,23,31)(H,22,24,30)/t13?,15?,17-/m1/s1. The lowest BCUT2D eigenvalue weighted by Crippen LogP contribution is -2.51. The molecule has 33 heavy (non-hydrogen) atoms. The second kappa shape index (κ2) is 9.18. The van der Waals surface area contributed by atoms with Crippen LogP contribution in [-0.4, -0.2) is 72.9 Å². The van der Waals surface area contributed by atoms with Gasteiger partial charge in [-0.15, -0.1) is 16.4 Å². The van der Waals surface area contributed by atoms with E-state index in [1.54, 1.807) is 16.3 Å². The van der Waals surface area contributed by atoms with Gasteiger partial charge in [-0.3, -0.25) is 14.4 Å². The van der Waals surface area contributed by atoms with Gasteiger partial charge in [0.05, 0.1) is 18.3 Å². The maximum Gasteiger partial charge on any atom is 0.248 e. The van der Waals surface area contributed by atoms with E-state index < -0.39 is 35.4 Å². The van der Waals surface area contributed by atoms with Crippen LogP contribution in [0.3, 0.4) is 0 Å². The molecular formula is C21H29N7O4S. The number of nitrogens with one attached hydrogen (secondary N) is 2. The second-order valence-electron chi connectivity index (χ2n) is 9.67. The molecule has 1 aliphatic heterocycles. The molecule has 0 aromatic carbocycles. The average Bonchev–Trinajstić information content (AvgIpc) is 3.12. The first kappa shape index (κ1) is 23.3. The third-order valence-corrected chi connectivity index (χ3v) is 6.50. The number of hydrogen-bond acceptors (Lipinski definition) is 8. The molecule has 11 nitrogen and oxygen atoms in total. The fourth-order valence-electron chi connectivity index (χ4n) is 4.06. The summed E-state index contributed by atoms with van der Waals surface area (Å²) in [6, 6.07) is -1.57. The Morgan fingerprint density at radius 2 is 2.06 bits per heavy atom. The number of aliphatic hydroxyl groups is 1. The Labute approximate surface area is 195 Å². The molecule has 1 saturated heterocycles. The highest BCUT2D eigenvalue weighted by Gasteiger charge is 2.45. The summed E-state index contributed by atoms with van der Waals surface area (Å²) in [6.45, 7) is 5.57. The molecule has 0 spiro atoms. The maximum atomic E-state index is 13.7. The fraction of sp³-hybridized carbons (Fsp3) is 0.619. The van der Waals surface area contributed by atoms with Gasteiger partial charge in [-0.2, -0.15) is 0 Å². The molecule has 2 unspecified atom stereocenters. The van der Waals surface area contributed by atoms with Crippen LogP contribution in [0.2, 0.25) is 0 Å². The molecule has 4 rings (SSSR count). The molecule has 1 saturated carbocycles. The molecule has 1 aliphatic carbocycles. The number of rotatable bonds is 7. The number of likely N-dealkylation sites (tertiary alicyclic amines) is 1. The van der Waals surface area contributed by atoms with Crippen molar-refractivity contribution in [1.82, 2.24) is 30.2 Å². The Bertz CT molecular complexity index is 1010. The molecule has 2 aliphatic rings. The molecule has 3 heterocycles. The third-order valence-electron chi connectivity index (χ3n) is 5.81. The largest absolute Gasteiger partial charge is 0.391 e. The Morgan fingerprint density at radius 3 is 2.70 bits per heavy atom. The number of β-amino-alcohol motifs (C(OH)–C–C–N with tert-alkyl or cyclic N) is 1. The molecule has 0 bridgehead atoms. The molecule has 3 atom stereocenters. The summed E-state index contributed by atoms with van der Waals surface area (Å²) in [5.74, 6) is -0.813. The maximum absolute atomic E-state index is 13.7. The van der Waals surface area contributed by atoms with Crippen LogP contribution in [0.15, 0.2) is 17.8 Å². The number of nitrogens with zero attached hydrogens (tertiary/aromatic N) is 5. The summed E-state index contributed by atoms with van der Waals surface area (Å²) in [5.41, 5.74) is 0.368. The van der Waals surface area contributed by atoms with Crippen molar-refractivity contribution in [2.45, 2.75) is 64.1 Å². The lowest BCUT2D eigenvalue weighted by Gasteiger charge is -2.34. The molecule has 2 fully saturated rings. The van der Waals surface area contributed by atoms with E-state index in [9.17, 15) is 19.5 Å². The number of amides is 3. The van der Waals surface area contributed by atoms with Crippen molar-refractivity contribution in [1.29, 1.82) is 0 Å². The summed E-state index contributed by atoms with van der Waals surface area (Å²) < 4.78 is 1.58. The van der Waals surface area contributed by atoms with E-state index in [4.69, 9.17) is 0 Å². The molecule has 0 radical (unpaired) electrons. The molecule has 12 heteroatoms. The summed E-state index contributed by atoms with van der Waals surface area (Å²) in [5, 5.41) is 26.0. The summed E-state index contributed by atoms with van der Waals surface area (Å²) >= 11 is 1.27. The SMILES string of the molecule is CC(C)(C)[C@@H](C(=O)N1CC(O)CC1C(=O)NCC(=O)Nc1nccs1)n1cc(C2CC2)nn1. The molecule has 2 aromatic rings. The van der Waals surface area contributed by atoms with E-state index in [-0.39, 0.29) is 25.4 Å². The van der Waals surface area contributed by atoms with E-state index in [1.807, 2.05) is 27.0 Å². The van der Waals surface area contributed by atoms with Crippen LogP contribution in [-0.2, 0) is 14.4 Å². The minimum Gasteiger partial charge on any atom is -0.391 e. The van der Waals surface area contributed by atoms with Gasteiger partial charge in [0.25, 0.3) is 0 Å². The van der Waals surface area contributed by atoms with Crippen molar-refractivity contribution >= 4 is 34.2 Å². The summed E-state index contributed by atoms with van der Waals surface area (Å²) in [6.07, 6.45) is 4.81. The van der Waals surface area contributed by atoms with Crippen molar-refractivity contribution in [3.8, 4) is 0 Å². The van der Waals surface area contributed by atoms with Crippen molar-refractivity contribution in [2.24, 2.45) is 5.41 Å². The summed E-state index contributed by atoms with van der Waals surface area (Å²) in [4.78, 5) is 44.0. The highest BCUT2D eigenvalue weighted by atomic mass is 32.1. The van der Waals surface area contributed by atoms with Gasteiger partial charge >= 0.3 is 0 Å². The van der Waals surface area contributed by atoms with Gasteiger partial charge in [-0.1, -0.05) is 26.0 Å². The quantitative estimate of drug-likeness (QED) is 0.540. The first-order valence-electron chi connectivity index (χ1n) is 11.0. The van der Waals surface area contributed by atoms with Gasteiger partial charge in [-0.05, 0) is 18.3 Å². The number of aliphatic hydroxyl groups excluding tert-OH is 1. The Kier molecular flexibility index (Phi) is 6.48. The van der Waals surface area contributed by atoms with Crippen molar-refractivity contribution in [2.75, 3.05) is 18.4 Å². The molecule has 3 N–H and O–H groups in total. The van der Waals surface area contributed by atoms with Crippen LogP contribution >= 0.6 is 11.3 Å². The molecule has 3 amide bonds. The van der Waals surface area contributed by atoms with Gasteiger partial charge < -0.3 is 20.6 Å². The highest BCUT2D eigenvalue weighted by molar-refractivity contribution is 7.13. The number of aromatic nitrogens is 4. The van der Waals surface area contributed by atoms with Crippen LogP contribution in [0.4, 0.5) is 5.13 Å². The van der Waals surface area contributed by atoms with Crippen LogP contribution in [0, 0.1) is 5.41 Å². The van der Waals surface area contributed by atoms with Crippen molar-refractivity contribution in [3.63, 3.8) is 0 Å². The van der Waals surface area contributed by atoms with Crippen LogP contribution in [0.1, 0.15) is 57.7 Å². The Balaban J connectivity index is 1.45. The Morgan fingerprint density at radius 1 is 1.30 bits per heavy atom. The average molecular weight is 476 g/mol. The minimum atomic E-state index is -0.878. The first-order valence-corrected chi connectivity index (χ1v) is 11.9. The normalized spacial score (nSPS) is 21.6. The first-order chi connectivity index (χ1) is 15.6. The number of anilines is 1. The van der Waals surface area contributed by atoms with E-state index in [0.717, 1.165) is 18.5 Å². The van der Waals surface area contributed by atoms with Gasteiger partial charge in [0.2, 0.25) is 17.7 Å². The van der Waals surface area contributed by atoms with Gasteiger partial charge in [0.1, 0.15) is 12.1 Å². The number of carbonyl (C=O) groups excluding carboxylic acids is 3. The van der Waals surface area contributed by atoms with E-state index in [1.165, 1.54) is 16.2 Å². The van der Waals surface area contributed by atoms with Gasteiger partial charge in [0.15, 0.2) is 5.13 Å². The molecular weight excluding hydrogens is 446 g/mol. The van der Waals surface area contributed by atoms with Crippen LogP contribution in [0.5, 0.6) is 0 Å². The van der Waals surface area contributed by atoms with E-state index in [2.05, 4.69) is 25.9 Å². The molecule has 178 valence electrons. The second-order valence-corrected chi connectivity index (χ2v) is 10.6. The number of thiazole rings is 1. The minimum absolute atomic E-state index is 0.0407. The van der Waals surface area contributed by atoms with E-state index in [0.29, 0.717) is 11.0 Å². The molecule has 2 aromatic heterocycles. The van der Waals surface area contributed by atoms with Gasteiger partial charge in [0, 0.05) is 36.7 Å². The van der Waals surface area contributed by atoms with Crippen LogP contribution in [0.25, 0.3) is 0 Å². The monoisotopic (exact) mass is 475 g/mol. The highest BCUT2D eigenvalue weighted by Crippen LogP contribution is 2.40. The third kappa shape index (κ3) is 5.38. The summed E-state index contributed by atoms with van der Waals surface area (Å²) in [7, 11) is 0. The number of hydrogen-bond donors (Lipinski definition) is 3. The smallest absolute Gasteiger partial charge is 0.248 e. The lowest BCUT2D eigenvalue weighted by atomic mass is 9.85. The zero-order valence-corrected chi connectivity index (χ0v) is 19.7.